The van der Waals surface area contributed by atoms with E-state index in [1.165, 1.54) is 44.9 Å². The second kappa shape index (κ2) is 17.0. The predicted octanol–water partition coefficient (Wildman–Crippen LogP) is 9.54. The third-order valence-corrected chi connectivity index (χ3v) is 6.93. The zero-order chi connectivity index (χ0) is 26.1. The molecule has 3 aromatic rings. The molecule has 3 rings (SSSR count). The van der Waals surface area contributed by atoms with Gasteiger partial charge in [-0.3, -0.25) is 0 Å². The summed E-state index contributed by atoms with van der Waals surface area (Å²) in [4.78, 5) is 0. The standard InChI is InChI=1S/C34H46O3/c1-3-5-7-9-17-26-36-33(28-20-13-11-14-21-28)30-24-19-25-31(35)32(30)34(29-22-15-12-16-23-29)37-27-18-10-8-6-4-2/h11-16,19-25,33-35H,3-10,17-18,26-27H2,1-2H3. The van der Waals surface area contributed by atoms with Crippen molar-refractivity contribution in [2.45, 2.75) is 90.3 Å². The number of aromatic hydroxyl groups is 1. The van der Waals surface area contributed by atoms with E-state index < -0.39 is 0 Å². The van der Waals surface area contributed by atoms with Gasteiger partial charge in [0.1, 0.15) is 18.0 Å². The lowest BCUT2D eigenvalue weighted by atomic mass is 9.90. The molecular weight excluding hydrogens is 456 g/mol. The maximum Gasteiger partial charge on any atom is 0.122 e. The summed E-state index contributed by atoms with van der Waals surface area (Å²) in [5.74, 6) is 0.254. The summed E-state index contributed by atoms with van der Waals surface area (Å²) in [5, 5.41) is 11.2. The van der Waals surface area contributed by atoms with Gasteiger partial charge in [-0.1, -0.05) is 138 Å². The number of benzene rings is 3. The molecule has 0 saturated carbocycles. The van der Waals surface area contributed by atoms with Crippen LogP contribution >= 0.6 is 0 Å². The first-order valence-electron chi connectivity index (χ1n) is 14.4. The first-order valence-corrected chi connectivity index (χ1v) is 14.4. The van der Waals surface area contributed by atoms with Crippen molar-refractivity contribution in [2.75, 3.05) is 13.2 Å². The van der Waals surface area contributed by atoms with Gasteiger partial charge in [0.2, 0.25) is 0 Å². The van der Waals surface area contributed by atoms with Crippen molar-refractivity contribution in [3.05, 3.63) is 101 Å². The van der Waals surface area contributed by atoms with E-state index in [1.54, 1.807) is 6.07 Å². The summed E-state index contributed by atoms with van der Waals surface area (Å²) in [6.45, 7) is 5.82. The van der Waals surface area contributed by atoms with Crippen molar-refractivity contribution in [1.82, 2.24) is 0 Å². The molecule has 0 fully saturated rings. The number of phenols is 1. The zero-order valence-electron chi connectivity index (χ0n) is 22.9. The summed E-state index contributed by atoms with van der Waals surface area (Å²) in [6.07, 6.45) is 11.2. The van der Waals surface area contributed by atoms with Gasteiger partial charge in [-0.25, -0.2) is 0 Å². The Hall–Kier alpha value is -2.62. The van der Waals surface area contributed by atoms with E-state index in [-0.39, 0.29) is 18.0 Å². The van der Waals surface area contributed by atoms with Crippen LogP contribution < -0.4 is 0 Å². The number of rotatable bonds is 18. The molecule has 1 N–H and O–H groups in total. The Morgan fingerprint density at radius 2 is 1.03 bits per heavy atom. The van der Waals surface area contributed by atoms with Crippen LogP contribution in [-0.4, -0.2) is 18.3 Å². The Labute approximate surface area is 224 Å². The Bertz CT molecular complexity index is 986. The molecule has 3 heteroatoms. The van der Waals surface area contributed by atoms with Crippen LogP contribution in [0.4, 0.5) is 0 Å². The largest absolute Gasteiger partial charge is 0.508 e. The third kappa shape index (κ3) is 9.32. The Morgan fingerprint density at radius 3 is 1.57 bits per heavy atom. The van der Waals surface area contributed by atoms with Crippen molar-refractivity contribution in [3.8, 4) is 5.75 Å². The molecule has 0 aliphatic rings. The highest BCUT2D eigenvalue weighted by Crippen LogP contribution is 2.40. The quantitative estimate of drug-likeness (QED) is 0.176. The summed E-state index contributed by atoms with van der Waals surface area (Å²) in [5.41, 5.74) is 3.92. The van der Waals surface area contributed by atoms with Gasteiger partial charge in [-0.2, -0.15) is 0 Å². The van der Waals surface area contributed by atoms with Crippen molar-refractivity contribution in [1.29, 1.82) is 0 Å². The van der Waals surface area contributed by atoms with E-state index in [0.29, 0.717) is 13.2 Å². The molecule has 37 heavy (non-hydrogen) atoms. The molecule has 0 aliphatic heterocycles. The SMILES string of the molecule is CCCCCCCOC(c1ccccc1)c1cccc(O)c1C(OCCCCCCC)c1ccccc1. The van der Waals surface area contributed by atoms with E-state index in [9.17, 15) is 5.11 Å². The van der Waals surface area contributed by atoms with Crippen LogP contribution in [-0.2, 0) is 9.47 Å². The van der Waals surface area contributed by atoms with Crippen LogP contribution in [0.15, 0.2) is 78.9 Å². The monoisotopic (exact) mass is 502 g/mol. The van der Waals surface area contributed by atoms with Crippen molar-refractivity contribution in [3.63, 3.8) is 0 Å². The van der Waals surface area contributed by atoms with E-state index in [4.69, 9.17) is 9.47 Å². The topological polar surface area (TPSA) is 38.7 Å². The van der Waals surface area contributed by atoms with Gasteiger partial charge in [0.05, 0.1) is 0 Å². The highest BCUT2D eigenvalue weighted by Gasteiger charge is 2.27. The Kier molecular flexibility index (Phi) is 13.3. The van der Waals surface area contributed by atoms with Crippen LogP contribution in [0, 0.1) is 0 Å². The minimum absolute atomic E-state index is 0.254. The Balaban J connectivity index is 1.90. The summed E-state index contributed by atoms with van der Waals surface area (Å²) < 4.78 is 13.1. The lowest BCUT2D eigenvalue weighted by Gasteiger charge is -2.27. The van der Waals surface area contributed by atoms with Crippen molar-refractivity contribution < 1.29 is 14.6 Å². The molecule has 0 aromatic heterocycles. The fourth-order valence-corrected chi connectivity index (χ4v) is 4.87. The minimum Gasteiger partial charge on any atom is -0.508 e. The third-order valence-electron chi connectivity index (χ3n) is 6.93. The summed E-state index contributed by atoms with van der Waals surface area (Å²) in [7, 11) is 0. The smallest absolute Gasteiger partial charge is 0.122 e. The van der Waals surface area contributed by atoms with Gasteiger partial charge in [0.15, 0.2) is 0 Å². The summed E-state index contributed by atoms with van der Waals surface area (Å²) >= 11 is 0. The second-order valence-corrected chi connectivity index (χ2v) is 9.93. The molecule has 0 radical (unpaired) electrons. The molecular formula is C34H46O3. The zero-order valence-corrected chi connectivity index (χ0v) is 22.9. The van der Waals surface area contributed by atoms with E-state index in [2.05, 4.69) is 56.3 Å². The van der Waals surface area contributed by atoms with Crippen LogP contribution in [0.2, 0.25) is 0 Å². The molecule has 0 saturated heterocycles. The maximum atomic E-state index is 11.2. The minimum atomic E-state index is -0.358. The predicted molar refractivity (Wildman–Crippen MR) is 154 cm³/mol. The number of ether oxygens (including phenoxy) is 2. The van der Waals surface area contributed by atoms with Crippen molar-refractivity contribution in [2.24, 2.45) is 0 Å². The molecule has 2 atom stereocenters. The Morgan fingerprint density at radius 1 is 0.541 bits per heavy atom. The number of phenolic OH excluding ortho intramolecular Hbond substituents is 1. The van der Waals surface area contributed by atoms with Gasteiger partial charge in [0, 0.05) is 18.8 Å². The average molecular weight is 503 g/mol. The number of hydrogen-bond acceptors (Lipinski definition) is 3. The van der Waals surface area contributed by atoms with Gasteiger partial charge in [0.25, 0.3) is 0 Å². The van der Waals surface area contributed by atoms with E-state index in [0.717, 1.165) is 41.5 Å². The van der Waals surface area contributed by atoms with Crippen LogP contribution in [0.3, 0.4) is 0 Å². The number of hydrogen-bond donors (Lipinski definition) is 1. The second-order valence-electron chi connectivity index (χ2n) is 9.93. The molecule has 2 unspecified atom stereocenters. The summed E-state index contributed by atoms with van der Waals surface area (Å²) in [6, 6.07) is 26.4. The van der Waals surface area contributed by atoms with Gasteiger partial charge in [-0.05, 0) is 35.6 Å². The molecule has 0 heterocycles. The van der Waals surface area contributed by atoms with Gasteiger partial charge >= 0.3 is 0 Å². The van der Waals surface area contributed by atoms with E-state index >= 15 is 0 Å². The fourth-order valence-electron chi connectivity index (χ4n) is 4.87. The first-order chi connectivity index (χ1) is 18.3. The normalized spacial score (nSPS) is 12.9. The number of unbranched alkanes of at least 4 members (excludes halogenated alkanes) is 8. The fraction of sp³-hybridized carbons (Fsp3) is 0.471. The van der Waals surface area contributed by atoms with Gasteiger partial charge < -0.3 is 14.6 Å². The highest BCUT2D eigenvalue weighted by molar-refractivity contribution is 5.48. The lowest BCUT2D eigenvalue weighted by molar-refractivity contribution is 0.0603. The highest BCUT2D eigenvalue weighted by atomic mass is 16.5. The van der Waals surface area contributed by atoms with Crippen LogP contribution in [0.1, 0.15) is 113 Å². The molecule has 0 amide bonds. The molecule has 0 aliphatic carbocycles. The molecule has 200 valence electrons. The van der Waals surface area contributed by atoms with Crippen molar-refractivity contribution >= 4 is 0 Å². The van der Waals surface area contributed by atoms with E-state index in [1.807, 2.05) is 30.3 Å². The van der Waals surface area contributed by atoms with Crippen LogP contribution in [0.25, 0.3) is 0 Å². The van der Waals surface area contributed by atoms with Crippen LogP contribution in [0.5, 0.6) is 5.75 Å². The average Bonchev–Trinajstić information content (AvgIpc) is 2.94. The molecule has 3 nitrogen and oxygen atoms in total. The first kappa shape index (κ1) is 28.9. The lowest BCUT2D eigenvalue weighted by Crippen LogP contribution is -2.15. The molecule has 0 spiro atoms. The van der Waals surface area contributed by atoms with Gasteiger partial charge in [-0.15, -0.1) is 0 Å². The molecule has 0 bridgehead atoms. The molecule has 3 aromatic carbocycles. The maximum absolute atomic E-state index is 11.2.